The van der Waals surface area contributed by atoms with E-state index >= 15 is 0 Å². The second-order valence-corrected chi connectivity index (χ2v) is 8.33. The maximum Gasteiger partial charge on any atom is 0.302 e. The molecule has 1 aromatic rings. The number of carbonyl (C=O) groups is 1. The molecule has 1 N–H and O–H groups in total. The van der Waals surface area contributed by atoms with E-state index in [4.69, 9.17) is 9.73 Å². The molecule has 5 aliphatic heterocycles. The van der Waals surface area contributed by atoms with Gasteiger partial charge in [0.15, 0.2) is 0 Å². The maximum absolute atomic E-state index is 12.0. The van der Waals surface area contributed by atoms with Gasteiger partial charge in [-0.1, -0.05) is 24.3 Å². The third kappa shape index (κ3) is 1.45. The van der Waals surface area contributed by atoms with Crippen molar-refractivity contribution < 1.29 is 14.6 Å². The first-order valence-electron chi connectivity index (χ1n) is 9.55. The molecular weight excluding hydrogens is 328 g/mol. The molecule has 26 heavy (non-hydrogen) atoms. The van der Waals surface area contributed by atoms with E-state index in [9.17, 15) is 9.90 Å². The minimum absolute atomic E-state index is 0.140. The summed E-state index contributed by atoms with van der Waals surface area (Å²) in [5, 5.41) is 11.0. The standard InChI is InChI=1S/C21H22N2O3/c1-3-11-12-8-15-18-21(13-6-4-5-7-14(13)22-18)9-16(23(15)20(11)25)17(12)19(21)26-10(2)24/h3-7,12,15-17,19-20,25H,8-9H2,1-2H3. The summed E-state index contributed by atoms with van der Waals surface area (Å²) in [5.74, 6) is 0.264. The molecule has 7 rings (SSSR count). The van der Waals surface area contributed by atoms with Gasteiger partial charge in [0, 0.05) is 18.9 Å². The van der Waals surface area contributed by atoms with Crippen molar-refractivity contribution in [2.75, 3.05) is 0 Å². The molecule has 134 valence electrons. The number of carbonyl (C=O) groups excluding carboxylic acids is 1. The summed E-state index contributed by atoms with van der Waals surface area (Å²) in [6.45, 7) is 3.51. The highest BCUT2D eigenvalue weighted by Crippen LogP contribution is 2.67. The van der Waals surface area contributed by atoms with Crippen LogP contribution < -0.4 is 0 Å². The zero-order chi connectivity index (χ0) is 17.8. The Morgan fingerprint density at radius 2 is 2.23 bits per heavy atom. The SMILES string of the molecule is CC=C1C2CC3C4=Nc5ccccc5C45CC(C2C5OC(C)=O)N3C1O. The van der Waals surface area contributed by atoms with Crippen LogP contribution in [-0.4, -0.2) is 46.1 Å². The molecular formula is C21H22N2O3. The molecule has 1 spiro atoms. The average molecular weight is 350 g/mol. The van der Waals surface area contributed by atoms with Gasteiger partial charge in [-0.05, 0) is 42.9 Å². The van der Waals surface area contributed by atoms with E-state index in [0.717, 1.165) is 29.8 Å². The van der Waals surface area contributed by atoms with E-state index in [2.05, 4.69) is 29.2 Å². The number of aliphatic imine (C=N–C) groups is 1. The Labute approximate surface area is 152 Å². The van der Waals surface area contributed by atoms with Gasteiger partial charge in [0.1, 0.15) is 12.3 Å². The zero-order valence-corrected chi connectivity index (χ0v) is 14.9. The number of aliphatic hydroxyl groups is 1. The molecule has 0 amide bonds. The number of hydrogen-bond acceptors (Lipinski definition) is 5. The first kappa shape index (κ1) is 15.1. The van der Waals surface area contributed by atoms with Crippen LogP contribution >= 0.6 is 0 Å². The van der Waals surface area contributed by atoms with Gasteiger partial charge in [-0.3, -0.25) is 14.7 Å². The number of para-hydroxylation sites is 1. The molecule has 5 fully saturated rings. The fourth-order valence-corrected chi connectivity index (χ4v) is 6.90. The quantitative estimate of drug-likeness (QED) is 0.624. The van der Waals surface area contributed by atoms with Gasteiger partial charge in [-0.15, -0.1) is 0 Å². The highest BCUT2D eigenvalue weighted by atomic mass is 16.5. The second-order valence-electron chi connectivity index (χ2n) is 8.33. The molecule has 8 atom stereocenters. The van der Waals surface area contributed by atoms with Crippen LogP contribution in [0.25, 0.3) is 0 Å². The summed E-state index contributed by atoms with van der Waals surface area (Å²) < 4.78 is 6.04. The van der Waals surface area contributed by atoms with Crippen molar-refractivity contribution in [2.24, 2.45) is 16.8 Å². The lowest BCUT2D eigenvalue weighted by atomic mass is 9.66. The normalized spacial score (nSPS) is 47.7. The summed E-state index contributed by atoms with van der Waals surface area (Å²) in [6.07, 6.45) is 3.17. The summed E-state index contributed by atoms with van der Waals surface area (Å²) in [4.78, 5) is 19.3. The summed E-state index contributed by atoms with van der Waals surface area (Å²) in [5.41, 5.74) is 4.10. The first-order chi connectivity index (χ1) is 12.6. The van der Waals surface area contributed by atoms with E-state index in [0.29, 0.717) is 0 Å². The van der Waals surface area contributed by atoms with E-state index in [-0.39, 0.29) is 41.4 Å². The average Bonchev–Trinajstić information content (AvgIpc) is 3.08. The Morgan fingerprint density at radius 1 is 1.42 bits per heavy atom. The molecule has 6 aliphatic rings. The van der Waals surface area contributed by atoms with E-state index in [1.165, 1.54) is 12.5 Å². The van der Waals surface area contributed by atoms with Crippen LogP contribution in [0.5, 0.6) is 0 Å². The Morgan fingerprint density at radius 3 is 3.00 bits per heavy atom. The fourth-order valence-electron chi connectivity index (χ4n) is 6.90. The third-order valence-corrected chi connectivity index (χ3v) is 7.53. The van der Waals surface area contributed by atoms with Crippen molar-refractivity contribution in [2.45, 2.75) is 56.5 Å². The molecule has 5 nitrogen and oxygen atoms in total. The Balaban J connectivity index is 1.62. The van der Waals surface area contributed by atoms with E-state index < -0.39 is 6.23 Å². The van der Waals surface area contributed by atoms with Gasteiger partial charge in [-0.25, -0.2) is 0 Å². The molecule has 8 unspecified atom stereocenters. The van der Waals surface area contributed by atoms with Crippen molar-refractivity contribution >= 4 is 17.4 Å². The smallest absolute Gasteiger partial charge is 0.302 e. The molecule has 1 aromatic carbocycles. The van der Waals surface area contributed by atoms with Gasteiger partial charge in [0.25, 0.3) is 0 Å². The lowest BCUT2D eigenvalue weighted by molar-refractivity contribution is -0.156. The molecule has 0 aromatic heterocycles. The van der Waals surface area contributed by atoms with Crippen LogP contribution in [0, 0.1) is 11.8 Å². The van der Waals surface area contributed by atoms with Crippen LogP contribution in [0.1, 0.15) is 32.3 Å². The van der Waals surface area contributed by atoms with Gasteiger partial charge >= 0.3 is 5.97 Å². The largest absolute Gasteiger partial charge is 0.461 e. The van der Waals surface area contributed by atoms with Crippen LogP contribution in [0.4, 0.5) is 5.69 Å². The molecule has 1 saturated carbocycles. The summed E-state index contributed by atoms with van der Waals surface area (Å²) in [7, 11) is 0. The Hall–Kier alpha value is -1.98. The summed E-state index contributed by atoms with van der Waals surface area (Å²) in [6, 6.07) is 8.67. The lowest BCUT2D eigenvalue weighted by Gasteiger charge is -2.58. The first-order valence-corrected chi connectivity index (χ1v) is 9.55. The number of esters is 1. The molecule has 5 heteroatoms. The van der Waals surface area contributed by atoms with Crippen LogP contribution in [-0.2, 0) is 14.9 Å². The monoisotopic (exact) mass is 350 g/mol. The number of hydrogen-bond donors (Lipinski definition) is 1. The van der Waals surface area contributed by atoms with Crippen molar-refractivity contribution in [1.29, 1.82) is 0 Å². The second kappa shape index (κ2) is 4.65. The third-order valence-electron chi connectivity index (χ3n) is 7.53. The van der Waals surface area contributed by atoms with Crippen molar-refractivity contribution in [3.8, 4) is 0 Å². The van der Waals surface area contributed by atoms with E-state index in [1.54, 1.807) is 0 Å². The zero-order valence-electron chi connectivity index (χ0n) is 14.9. The number of allylic oxidation sites excluding steroid dienone is 1. The predicted octanol–water partition coefficient (Wildman–Crippen LogP) is 2.31. The van der Waals surface area contributed by atoms with Crippen LogP contribution in [0.3, 0.4) is 0 Å². The summed E-state index contributed by atoms with van der Waals surface area (Å²) >= 11 is 0. The van der Waals surface area contributed by atoms with Gasteiger partial charge < -0.3 is 9.84 Å². The maximum atomic E-state index is 12.0. The van der Waals surface area contributed by atoms with Crippen LogP contribution in [0.2, 0.25) is 0 Å². The number of aliphatic hydroxyl groups excluding tert-OH is 1. The number of ether oxygens (including phenoxy) is 1. The number of fused-ring (bicyclic) bond motifs is 2. The van der Waals surface area contributed by atoms with Gasteiger partial charge in [0.2, 0.25) is 0 Å². The highest BCUT2D eigenvalue weighted by molar-refractivity contribution is 6.08. The van der Waals surface area contributed by atoms with E-state index in [1.807, 2.05) is 13.0 Å². The van der Waals surface area contributed by atoms with Crippen molar-refractivity contribution in [3.63, 3.8) is 0 Å². The molecule has 0 radical (unpaired) electrons. The van der Waals surface area contributed by atoms with Crippen molar-refractivity contribution in [1.82, 2.24) is 4.90 Å². The van der Waals surface area contributed by atoms with Crippen molar-refractivity contribution in [3.05, 3.63) is 41.5 Å². The molecule has 5 bridgehead atoms. The highest BCUT2D eigenvalue weighted by Gasteiger charge is 2.74. The minimum Gasteiger partial charge on any atom is -0.461 e. The molecule has 5 heterocycles. The van der Waals surface area contributed by atoms with Gasteiger partial charge in [0.05, 0.1) is 22.9 Å². The van der Waals surface area contributed by atoms with Gasteiger partial charge in [-0.2, -0.15) is 0 Å². The fraction of sp³-hybridized carbons (Fsp3) is 0.524. The minimum atomic E-state index is -0.537. The molecule has 4 saturated heterocycles. The Bertz CT molecular complexity index is 906. The number of rotatable bonds is 1. The predicted molar refractivity (Wildman–Crippen MR) is 96.2 cm³/mol. The Kier molecular flexibility index (Phi) is 2.70. The lowest BCUT2D eigenvalue weighted by Crippen LogP contribution is -2.68. The number of piperidine rings is 4. The number of benzene rings is 1. The topological polar surface area (TPSA) is 62.1 Å². The van der Waals surface area contributed by atoms with Crippen LogP contribution in [0.15, 0.2) is 40.9 Å². The molecule has 1 aliphatic carbocycles. The number of nitrogens with zero attached hydrogens (tertiary/aromatic N) is 2.